The van der Waals surface area contributed by atoms with E-state index in [0.717, 1.165) is 44.9 Å². The molecule has 3 fully saturated rings. The Morgan fingerprint density at radius 1 is 1.24 bits per heavy atom. The van der Waals surface area contributed by atoms with Crippen LogP contribution >= 0.6 is 0 Å². The molecule has 17 heavy (non-hydrogen) atoms. The van der Waals surface area contributed by atoms with Crippen molar-refractivity contribution in [3.8, 4) is 0 Å². The fraction of sp³-hybridized carbons (Fsp3) is 0.933. The highest BCUT2D eigenvalue weighted by molar-refractivity contribution is 5.86. The summed E-state index contributed by atoms with van der Waals surface area (Å²) in [6.45, 7) is 2.20. The zero-order valence-electron chi connectivity index (χ0n) is 10.8. The number of Topliss-reactive ketones (excluding diaryl/α,β-unsaturated/α-hetero) is 1. The van der Waals surface area contributed by atoms with Crippen LogP contribution in [0.15, 0.2) is 0 Å². The molecule has 0 aliphatic heterocycles. The first-order valence-corrected chi connectivity index (χ1v) is 7.44. The summed E-state index contributed by atoms with van der Waals surface area (Å²) in [5.74, 6) is 1.54. The predicted octanol–water partition coefficient (Wildman–Crippen LogP) is 2.93. The number of hydrogen-bond donors (Lipinski definition) is 1. The summed E-state index contributed by atoms with van der Waals surface area (Å²) in [5, 5.41) is 11.1. The van der Waals surface area contributed by atoms with Crippen molar-refractivity contribution < 1.29 is 9.90 Å². The van der Waals surface area contributed by atoms with Crippen LogP contribution in [0.25, 0.3) is 0 Å². The van der Waals surface area contributed by atoms with Crippen LogP contribution in [0.1, 0.15) is 58.3 Å². The number of hydrogen-bond acceptors (Lipinski definition) is 2. The van der Waals surface area contributed by atoms with Crippen molar-refractivity contribution in [1.29, 1.82) is 0 Å². The molecule has 0 aromatic rings. The Morgan fingerprint density at radius 2 is 2.06 bits per heavy atom. The van der Waals surface area contributed by atoms with Crippen LogP contribution in [-0.2, 0) is 4.79 Å². The van der Waals surface area contributed by atoms with Gasteiger partial charge in [0.2, 0.25) is 0 Å². The van der Waals surface area contributed by atoms with Crippen molar-refractivity contribution in [2.75, 3.05) is 0 Å². The van der Waals surface area contributed by atoms with E-state index in [1.54, 1.807) is 0 Å². The molecule has 3 rings (SSSR count). The molecule has 5 atom stereocenters. The second kappa shape index (κ2) is 4.08. The minimum absolute atomic E-state index is 0.0191. The van der Waals surface area contributed by atoms with E-state index in [2.05, 4.69) is 6.92 Å². The van der Waals surface area contributed by atoms with E-state index in [-0.39, 0.29) is 11.8 Å². The van der Waals surface area contributed by atoms with E-state index in [0.29, 0.717) is 17.6 Å². The van der Waals surface area contributed by atoms with E-state index in [1.165, 1.54) is 6.42 Å². The minimum atomic E-state index is -0.632. The standard InChI is InChI=1S/C15H24O2/c1-2-10-11-6-5-8-13(14(11)16)15(17)9-4-3-7-12(10)15/h10-13,17H,2-9H2,1H3/t10-,11+,12+,13+,15+/m1/s1. The molecule has 2 nitrogen and oxygen atoms in total. The third kappa shape index (κ3) is 1.53. The van der Waals surface area contributed by atoms with Crippen LogP contribution in [0.2, 0.25) is 0 Å². The Hall–Kier alpha value is -0.370. The first-order valence-electron chi connectivity index (χ1n) is 7.44. The van der Waals surface area contributed by atoms with Crippen LogP contribution in [0.3, 0.4) is 0 Å². The van der Waals surface area contributed by atoms with Crippen molar-refractivity contribution >= 4 is 5.78 Å². The second-order valence-corrected chi connectivity index (χ2v) is 6.41. The van der Waals surface area contributed by atoms with Gasteiger partial charge in [-0.25, -0.2) is 0 Å². The van der Waals surface area contributed by atoms with E-state index in [9.17, 15) is 9.90 Å². The van der Waals surface area contributed by atoms with E-state index in [1.807, 2.05) is 0 Å². The maximum Gasteiger partial charge on any atom is 0.142 e. The lowest BCUT2D eigenvalue weighted by molar-refractivity contribution is -0.181. The van der Waals surface area contributed by atoms with Crippen molar-refractivity contribution in [3.05, 3.63) is 0 Å². The molecular weight excluding hydrogens is 212 g/mol. The second-order valence-electron chi connectivity index (χ2n) is 6.41. The highest BCUT2D eigenvalue weighted by atomic mass is 16.3. The van der Waals surface area contributed by atoms with Crippen LogP contribution in [0.5, 0.6) is 0 Å². The number of carbonyl (C=O) groups excluding carboxylic acids is 1. The quantitative estimate of drug-likeness (QED) is 0.760. The number of aliphatic hydroxyl groups is 1. The molecule has 1 N–H and O–H groups in total. The van der Waals surface area contributed by atoms with Gasteiger partial charge in [-0.2, -0.15) is 0 Å². The van der Waals surface area contributed by atoms with Gasteiger partial charge >= 0.3 is 0 Å². The summed E-state index contributed by atoms with van der Waals surface area (Å²) in [6.07, 6.45) is 8.61. The van der Waals surface area contributed by atoms with Crippen LogP contribution in [0, 0.1) is 23.7 Å². The monoisotopic (exact) mass is 236 g/mol. The van der Waals surface area contributed by atoms with Gasteiger partial charge in [0.05, 0.1) is 5.60 Å². The number of carbonyl (C=O) groups is 1. The Labute approximate surface area is 104 Å². The average Bonchev–Trinajstić information content (AvgIpc) is 2.32. The molecular formula is C15H24O2. The summed E-state index contributed by atoms with van der Waals surface area (Å²) >= 11 is 0. The molecule has 0 amide bonds. The fourth-order valence-electron chi connectivity index (χ4n) is 5.08. The van der Waals surface area contributed by atoms with Crippen LogP contribution in [-0.4, -0.2) is 16.5 Å². The predicted molar refractivity (Wildman–Crippen MR) is 66.5 cm³/mol. The lowest BCUT2D eigenvalue weighted by Crippen LogP contribution is -2.61. The molecule has 3 aliphatic carbocycles. The van der Waals surface area contributed by atoms with Gasteiger partial charge in [0, 0.05) is 11.8 Å². The lowest BCUT2D eigenvalue weighted by Gasteiger charge is -2.56. The largest absolute Gasteiger partial charge is 0.389 e. The molecule has 0 unspecified atom stereocenters. The topological polar surface area (TPSA) is 37.3 Å². The van der Waals surface area contributed by atoms with Crippen LogP contribution in [0.4, 0.5) is 0 Å². The van der Waals surface area contributed by atoms with Crippen molar-refractivity contribution in [1.82, 2.24) is 0 Å². The number of fused-ring (bicyclic) bond motifs is 4. The smallest absolute Gasteiger partial charge is 0.142 e. The Morgan fingerprint density at radius 3 is 2.82 bits per heavy atom. The van der Waals surface area contributed by atoms with E-state index >= 15 is 0 Å². The Balaban J connectivity index is 2.00. The molecule has 0 radical (unpaired) electrons. The first kappa shape index (κ1) is 11.7. The molecule has 2 heteroatoms. The number of ketones is 1. The number of rotatable bonds is 1. The highest BCUT2D eigenvalue weighted by Gasteiger charge is 2.58. The van der Waals surface area contributed by atoms with Crippen molar-refractivity contribution in [3.63, 3.8) is 0 Å². The summed E-state index contributed by atoms with van der Waals surface area (Å²) in [7, 11) is 0. The molecule has 3 aliphatic rings. The summed E-state index contributed by atoms with van der Waals surface area (Å²) < 4.78 is 0. The average molecular weight is 236 g/mol. The first-order chi connectivity index (χ1) is 8.18. The van der Waals surface area contributed by atoms with Gasteiger partial charge in [0.15, 0.2) is 0 Å². The van der Waals surface area contributed by atoms with Crippen LogP contribution < -0.4 is 0 Å². The van der Waals surface area contributed by atoms with E-state index in [4.69, 9.17) is 0 Å². The SMILES string of the molecule is CC[C@@H]1[C@@H]2CCC[C@@H](C2=O)[C@]2(O)CCCC[C@@H]12. The molecule has 96 valence electrons. The summed E-state index contributed by atoms with van der Waals surface area (Å²) in [4.78, 5) is 12.5. The third-order valence-corrected chi connectivity index (χ3v) is 5.81. The molecule has 0 heterocycles. The van der Waals surface area contributed by atoms with Crippen molar-refractivity contribution in [2.24, 2.45) is 23.7 Å². The maximum atomic E-state index is 12.5. The third-order valence-electron chi connectivity index (χ3n) is 5.81. The van der Waals surface area contributed by atoms with Gasteiger partial charge in [-0.05, 0) is 37.5 Å². The molecule has 2 bridgehead atoms. The summed E-state index contributed by atoms with van der Waals surface area (Å²) in [6, 6.07) is 0. The minimum Gasteiger partial charge on any atom is -0.389 e. The Kier molecular flexibility index (Phi) is 2.81. The van der Waals surface area contributed by atoms with Gasteiger partial charge in [-0.1, -0.05) is 32.6 Å². The summed E-state index contributed by atoms with van der Waals surface area (Å²) in [5.41, 5.74) is -0.632. The zero-order valence-corrected chi connectivity index (χ0v) is 10.8. The van der Waals surface area contributed by atoms with Crippen molar-refractivity contribution in [2.45, 2.75) is 63.9 Å². The van der Waals surface area contributed by atoms with Gasteiger partial charge in [-0.15, -0.1) is 0 Å². The van der Waals surface area contributed by atoms with Gasteiger partial charge in [0.1, 0.15) is 5.78 Å². The fourth-order valence-corrected chi connectivity index (χ4v) is 5.08. The van der Waals surface area contributed by atoms with Gasteiger partial charge in [-0.3, -0.25) is 4.79 Å². The molecule has 0 aromatic carbocycles. The van der Waals surface area contributed by atoms with Gasteiger partial charge < -0.3 is 5.11 Å². The molecule has 3 saturated carbocycles. The van der Waals surface area contributed by atoms with E-state index < -0.39 is 5.60 Å². The maximum absolute atomic E-state index is 12.5. The van der Waals surface area contributed by atoms with Gasteiger partial charge in [0.25, 0.3) is 0 Å². The highest BCUT2D eigenvalue weighted by Crippen LogP contribution is 2.55. The normalized spacial score (nSPS) is 49.9. The zero-order chi connectivity index (χ0) is 12.0. The molecule has 0 spiro atoms. The molecule has 0 aromatic heterocycles. The molecule has 0 saturated heterocycles. The lowest BCUT2D eigenvalue weighted by atomic mass is 9.50. The Bertz CT molecular complexity index is 325.